The van der Waals surface area contributed by atoms with E-state index in [2.05, 4.69) is 5.32 Å². The largest absolute Gasteiger partial charge is 0.481 e. The molecule has 0 aromatic heterocycles. The maximum Gasteiger partial charge on any atom is 0.308 e. The topological polar surface area (TPSA) is 67.8 Å². The summed E-state index contributed by atoms with van der Waals surface area (Å²) in [6.45, 7) is 0.932. The summed E-state index contributed by atoms with van der Waals surface area (Å²) < 4.78 is 10.5. The van der Waals surface area contributed by atoms with Crippen molar-refractivity contribution in [1.82, 2.24) is 5.32 Å². The van der Waals surface area contributed by atoms with Gasteiger partial charge < -0.3 is 19.9 Å². The summed E-state index contributed by atoms with van der Waals surface area (Å²) >= 11 is 0. The third kappa shape index (κ3) is 2.01. The van der Waals surface area contributed by atoms with Crippen LogP contribution in [0.1, 0.15) is 18.4 Å². The summed E-state index contributed by atoms with van der Waals surface area (Å²) in [4.78, 5) is 10.9. The fourth-order valence-corrected chi connectivity index (χ4v) is 2.34. The molecule has 0 radical (unpaired) electrons. The van der Waals surface area contributed by atoms with Gasteiger partial charge in [0.15, 0.2) is 11.5 Å². The van der Waals surface area contributed by atoms with Gasteiger partial charge in [0.2, 0.25) is 6.79 Å². The van der Waals surface area contributed by atoms with Crippen molar-refractivity contribution in [3.05, 3.63) is 23.8 Å². The van der Waals surface area contributed by atoms with E-state index in [4.69, 9.17) is 14.6 Å². The molecular formula is C13H15NO4. The monoisotopic (exact) mass is 249 g/mol. The average molecular weight is 249 g/mol. The SMILES string of the molecule is O=C(O)C1CCC1NCc1ccc2c(c1)OCO2. The number of carbonyl (C=O) groups is 1. The lowest BCUT2D eigenvalue weighted by molar-refractivity contribution is -0.146. The van der Waals surface area contributed by atoms with Gasteiger partial charge in [-0.3, -0.25) is 4.79 Å². The molecule has 2 unspecified atom stereocenters. The number of fused-ring (bicyclic) bond motifs is 1. The van der Waals surface area contributed by atoms with Crippen LogP contribution in [0.2, 0.25) is 0 Å². The second-order valence-corrected chi connectivity index (χ2v) is 4.70. The van der Waals surface area contributed by atoms with Crippen LogP contribution in [0.15, 0.2) is 18.2 Å². The molecule has 0 amide bonds. The van der Waals surface area contributed by atoms with Gasteiger partial charge in [-0.2, -0.15) is 0 Å². The lowest BCUT2D eigenvalue weighted by atomic mass is 9.79. The van der Waals surface area contributed by atoms with Gasteiger partial charge in [-0.05, 0) is 30.5 Å². The zero-order chi connectivity index (χ0) is 12.5. The zero-order valence-electron chi connectivity index (χ0n) is 9.89. The minimum atomic E-state index is -0.704. The molecule has 2 N–H and O–H groups in total. The van der Waals surface area contributed by atoms with Crippen molar-refractivity contribution in [2.75, 3.05) is 6.79 Å². The molecule has 0 bridgehead atoms. The first kappa shape index (κ1) is 11.3. The molecule has 1 heterocycles. The summed E-state index contributed by atoms with van der Waals surface area (Å²) in [6.07, 6.45) is 1.70. The van der Waals surface area contributed by atoms with Gasteiger partial charge in [0.1, 0.15) is 0 Å². The Morgan fingerprint density at radius 3 is 2.89 bits per heavy atom. The number of aliphatic carboxylic acids is 1. The normalized spacial score (nSPS) is 24.7. The number of benzene rings is 1. The van der Waals surface area contributed by atoms with Crippen molar-refractivity contribution in [2.24, 2.45) is 5.92 Å². The van der Waals surface area contributed by atoms with E-state index in [-0.39, 0.29) is 18.8 Å². The Kier molecular flexibility index (Phi) is 2.83. The second-order valence-electron chi connectivity index (χ2n) is 4.70. The Balaban J connectivity index is 1.59. The highest BCUT2D eigenvalue weighted by Crippen LogP contribution is 2.33. The maximum atomic E-state index is 10.9. The number of carboxylic acids is 1. The quantitative estimate of drug-likeness (QED) is 0.843. The van der Waals surface area contributed by atoms with Gasteiger partial charge in [0, 0.05) is 12.6 Å². The fraction of sp³-hybridized carbons (Fsp3) is 0.462. The molecule has 1 saturated carbocycles. The van der Waals surface area contributed by atoms with Crippen molar-refractivity contribution < 1.29 is 19.4 Å². The smallest absolute Gasteiger partial charge is 0.308 e. The Morgan fingerprint density at radius 1 is 1.33 bits per heavy atom. The molecule has 18 heavy (non-hydrogen) atoms. The molecule has 5 heteroatoms. The number of nitrogens with one attached hydrogen (secondary N) is 1. The van der Waals surface area contributed by atoms with E-state index < -0.39 is 5.97 Å². The predicted molar refractivity (Wildman–Crippen MR) is 63.6 cm³/mol. The molecule has 1 aromatic carbocycles. The molecule has 1 aromatic rings. The number of ether oxygens (including phenoxy) is 2. The predicted octanol–water partition coefficient (Wildman–Crippen LogP) is 1.37. The van der Waals surface area contributed by atoms with Crippen LogP contribution in [-0.2, 0) is 11.3 Å². The van der Waals surface area contributed by atoms with Crippen LogP contribution < -0.4 is 14.8 Å². The Bertz CT molecular complexity index is 474. The van der Waals surface area contributed by atoms with E-state index >= 15 is 0 Å². The van der Waals surface area contributed by atoms with Gasteiger partial charge in [-0.15, -0.1) is 0 Å². The molecule has 1 aliphatic carbocycles. The van der Waals surface area contributed by atoms with Crippen LogP contribution in [-0.4, -0.2) is 23.9 Å². The molecule has 1 fully saturated rings. The van der Waals surface area contributed by atoms with E-state index in [0.717, 1.165) is 29.9 Å². The summed E-state index contributed by atoms with van der Waals surface area (Å²) in [5.41, 5.74) is 1.08. The molecule has 5 nitrogen and oxygen atoms in total. The Hall–Kier alpha value is -1.75. The van der Waals surface area contributed by atoms with Crippen LogP contribution in [0.4, 0.5) is 0 Å². The van der Waals surface area contributed by atoms with Crippen LogP contribution in [0, 0.1) is 5.92 Å². The molecule has 3 rings (SSSR count). The fourth-order valence-electron chi connectivity index (χ4n) is 2.34. The molecule has 0 saturated heterocycles. The molecular weight excluding hydrogens is 234 g/mol. The van der Waals surface area contributed by atoms with Crippen LogP contribution >= 0.6 is 0 Å². The molecule has 2 atom stereocenters. The van der Waals surface area contributed by atoms with Crippen molar-refractivity contribution >= 4 is 5.97 Å². The van der Waals surface area contributed by atoms with E-state index in [9.17, 15) is 4.79 Å². The van der Waals surface area contributed by atoms with E-state index in [0.29, 0.717) is 6.54 Å². The highest BCUT2D eigenvalue weighted by Gasteiger charge is 2.35. The minimum Gasteiger partial charge on any atom is -0.481 e. The molecule has 1 aliphatic heterocycles. The van der Waals surface area contributed by atoms with Gasteiger partial charge in [0.05, 0.1) is 5.92 Å². The standard InChI is InChI=1S/C13H15NO4/c15-13(16)9-2-3-10(9)14-6-8-1-4-11-12(5-8)18-7-17-11/h1,4-5,9-10,14H,2-3,6-7H2,(H,15,16). The Morgan fingerprint density at radius 2 is 2.17 bits per heavy atom. The van der Waals surface area contributed by atoms with Crippen molar-refractivity contribution in [3.8, 4) is 11.5 Å². The van der Waals surface area contributed by atoms with Gasteiger partial charge >= 0.3 is 5.97 Å². The van der Waals surface area contributed by atoms with Crippen LogP contribution in [0.3, 0.4) is 0 Å². The summed E-state index contributed by atoms with van der Waals surface area (Å²) in [5.74, 6) is 0.590. The van der Waals surface area contributed by atoms with Crippen LogP contribution in [0.5, 0.6) is 11.5 Å². The number of hydrogen-bond acceptors (Lipinski definition) is 4. The maximum absolute atomic E-state index is 10.9. The lowest BCUT2D eigenvalue weighted by Crippen LogP contribution is -2.47. The van der Waals surface area contributed by atoms with Gasteiger partial charge in [-0.1, -0.05) is 6.07 Å². The second kappa shape index (κ2) is 4.49. The van der Waals surface area contributed by atoms with E-state index in [1.165, 1.54) is 0 Å². The zero-order valence-corrected chi connectivity index (χ0v) is 9.89. The first-order valence-electron chi connectivity index (χ1n) is 6.09. The van der Waals surface area contributed by atoms with Gasteiger partial charge in [-0.25, -0.2) is 0 Å². The summed E-state index contributed by atoms with van der Waals surface area (Å²) in [6, 6.07) is 5.88. The molecule has 2 aliphatic rings. The van der Waals surface area contributed by atoms with Crippen LogP contribution in [0.25, 0.3) is 0 Å². The van der Waals surface area contributed by atoms with Crippen molar-refractivity contribution in [2.45, 2.75) is 25.4 Å². The van der Waals surface area contributed by atoms with Crippen molar-refractivity contribution in [1.29, 1.82) is 0 Å². The highest BCUT2D eigenvalue weighted by molar-refractivity contribution is 5.72. The third-order valence-electron chi connectivity index (χ3n) is 3.60. The Labute approximate surface area is 105 Å². The summed E-state index contributed by atoms with van der Waals surface area (Å²) in [7, 11) is 0. The first-order valence-corrected chi connectivity index (χ1v) is 6.09. The third-order valence-corrected chi connectivity index (χ3v) is 3.60. The van der Waals surface area contributed by atoms with E-state index in [1.807, 2.05) is 18.2 Å². The van der Waals surface area contributed by atoms with Gasteiger partial charge in [0.25, 0.3) is 0 Å². The molecule has 96 valence electrons. The highest BCUT2D eigenvalue weighted by atomic mass is 16.7. The number of hydrogen-bond donors (Lipinski definition) is 2. The minimum absolute atomic E-state index is 0.0907. The average Bonchev–Trinajstić information content (AvgIpc) is 2.74. The van der Waals surface area contributed by atoms with Crippen molar-refractivity contribution in [3.63, 3.8) is 0 Å². The number of carboxylic acid groups (broad SMARTS) is 1. The molecule has 0 spiro atoms. The first-order chi connectivity index (χ1) is 8.74. The number of rotatable bonds is 4. The van der Waals surface area contributed by atoms with E-state index in [1.54, 1.807) is 0 Å². The summed E-state index contributed by atoms with van der Waals surface area (Å²) in [5, 5.41) is 12.2. The lowest BCUT2D eigenvalue weighted by Gasteiger charge is -2.34.